The molecule has 6 nitrogen and oxygen atoms in total. The normalized spacial score (nSPS) is 34.9. The molecule has 0 aliphatic carbocycles. The Bertz CT molecular complexity index is 310. The van der Waals surface area contributed by atoms with Crippen LogP contribution in [0, 0.1) is 0 Å². The smallest absolute Gasteiger partial charge is 0.460 e. The van der Waals surface area contributed by atoms with Crippen molar-refractivity contribution in [2.75, 3.05) is 21.3 Å². The van der Waals surface area contributed by atoms with E-state index in [0.29, 0.717) is 6.42 Å². The molecule has 2 bridgehead atoms. The molecular weight excluding hydrogens is 256 g/mol. The van der Waals surface area contributed by atoms with Gasteiger partial charge in [0.15, 0.2) is 0 Å². The minimum Gasteiger partial charge on any atom is -0.460 e. The summed E-state index contributed by atoms with van der Waals surface area (Å²) in [5.41, 5.74) is 0.120. The van der Waals surface area contributed by atoms with Gasteiger partial charge in [0.2, 0.25) is 0 Å². The summed E-state index contributed by atoms with van der Waals surface area (Å²) in [5, 5.41) is 0. The molecule has 0 aromatic carbocycles. The molecular formula is C11H20O6Si. The van der Waals surface area contributed by atoms with Crippen LogP contribution in [0.2, 0.25) is 5.54 Å². The van der Waals surface area contributed by atoms with Crippen LogP contribution < -0.4 is 0 Å². The number of ether oxygens (including phenoxy) is 2. The van der Waals surface area contributed by atoms with Gasteiger partial charge < -0.3 is 22.8 Å². The molecule has 2 heterocycles. The number of carbonyl (C=O) groups is 1. The van der Waals surface area contributed by atoms with Crippen LogP contribution in [0.15, 0.2) is 0 Å². The van der Waals surface area contributed by atoms with Crippen LogP contribution in [0.1, 0.15) is 19.8 Å². The van der Waals surface area contributed by atoms with Gasteiger partial charge in [0.1, 0.15) is 6.10 Å². The van der Waals surface area contributed by atoms with Gasteiger partial charge in [-0.3, -0.25) is 4.79 Å². The summed E-state index contributed by atoms with van der Waals surface area (Å²) >= 11 is 0. The first-order chi connectivity index (χ1) is 8.56. The van der Waals surface area contributed by atoms with E-state index in [2.05, 4.69) is 0 Å². The molecule has 104 valence electrons. The fourth-order valence-corrected chi connectivity index (χ4v) is 5.63. The van der Waals surface area contributed by atoms with E-state index in [0.717, 1.165) is 6.42 Å². The van der Waals surface area contributed by atoms with Crippen LogP contribution in [-0.2, 0) is 27.5 Å². The van der Waals surface area contributed by atoms with Crippen molar-refractivity contribution in [3.05, 3.63) is 0 Å². The predicted molar refractivity (Wildman–Crippen MR) is 64.0 cm³/mol. The van der Waals surface area contributed by atoms with E-state index in [1.54, 1.807) is 21.3 Å². The van der Waals surface area contributed by atoms with Gasteiger partial charge in [0.05, 0.1) is 17.7 Å². The first kappa shape index (κ1) is 13.9. The number of esters is 1. The maximum absolute atomic E-state index is 11.0. The van der Waals surface area contributed by atoms with Crippen molar-refractivity contribution >= 4 is 14.8 Å². The third-order valence-corrected chi connectivity index (χ3v) is 7.01. The number of carbonyl (C=O) groups excluding carboxylic acids is 1. The van der Waals surface area contributed by atoms with E-state index in [1.165, 1.54) is 6.92 Å². The lowest BCUT2D eigenvalue weighted by Gasteiger charge is -2.34. The molecule has 2 rings (SSSR count). The Hall–Kier alpha value is -0.473. The third-order valence-electron chi connectivity index (χ3n) is 3.79. The van der Waals surface area contributed by atoms with Crippen molar-refractivity contribution in [3.63, 3.8) is 0 Å². The first-order valence-electron chi connectivity index (χ1n) is 6.04. The van der Waals surface area contributed by atoms with Gasteiger partial charge >= 0.3 is 14.8 Å². The van der Waals surface area contributed by atoms with Gasteiger partial charge in [-0.1, -0.05) is 0 Å². The van der Waals surface area contributed by atoms with E-state index in [9.17, 15) is 4.79 Å². The van der Waals surface area contributed by atoms with Crippen molar-refractivity contribution < 1.29 is 27.5 Å². The van der Waals surface area contributed by atoms with Crippen molar-refractivity contribution in [3.8, 4) is 0 Å². The summed E-state index contributed by atoms with van der Waals surface area (Å²) in [4.78, 5) is 11.0. The van der Waals surface area contributed by atoms with Crippen LogP contribution in [-0.4, -0.2) is 54.4 Å². The second kappa shape index (κ2) is 5.26. The number of rotatable bonds is 5. The van der Waals surface area contributed by atoms with Crippen LogP contribution in [0.5, 0.6) is 0 Å². The first-order valence-corrected chi connectivity index (χ1v) is 7.84. The average molecular weight is 276 g/mol. The zero-order chi connectivity index (χ0) is 13.3. The molecule has 0 saturated carbocycles. The van der Waals surface area contributed by atoms with E-state index < -0.39 is 8.80 Å². The average Bonchev–Trinajstić information content (AvgIpc) is 2.91. The van der Waals surface area contributed by atoms with Gasteiger partial charge in [-0.05, 0) is 6.42 Å². The van der Waals surface area contributed by atoms with Gasteiger partial charge in [0.25, 0.3) is 0 Å². The fourth-order valence-electron chi connectivity index (χ4n) is 3.03. The van der Waals surface area contributed by atoms with Crippen molar-refractivity contribution in [2.45, 2.75) is 43.6 Å². The highest BCUT2D eigenvalue weighted by molar-refractivity contribution is 6.62. The molecule has 0 spiro atoms. The lowest BCUT2D eigenvalue weighted by atomic mass is 9.97. The second-order valence-corrected chi connectivity index (χ2v) is 7.83. The topological polar surface area (TPSA) is 63.2 Å². The van der Waals surface area contributed by atoms with Crippen LogP contribution >= 0.6 is 0 Å². The predicted octanol–water partition coefficient (Wildman–Crippen LogP) is 0.728. The number of hydrogen-bond acceptors (Lipinski definition) is 6. The fraction of sp³-hybridized carbons (Fsp3) is 0.909. The molecule has 0 N–H and O–H groups in total. The lowest BCUT2D eigenvalue weighted by Crippen LogP contribution is -2.51. The zero-order valence-electron chi connectivity index (χ0n) is 11.2. The molecule has 7 heteroatoms. The Morgan fingerprint density at radius 1 is 1.11 bits per heavy atom. The Morgan fingerprint density at radius 2 is 1.72 bits per heavy atom. The molecule has 2 aliphatic rings. The van der Waals surface area contributed by atoms with Crippen LogP contribution in [0.3, 0.4) is 0 Å². The third kappa shape index (κ3) is 2.21. The van der Waals surface area contributed by atoms with E-state index in [4.69, 9.17) is 22.8 Å². The van der Waals surface area contributed by atoms with Crippen molar-refractivity contribution in [1.82, 2.24) is 0 Å². The maximum Gasteiger partial charge on any atom is 0.506 e. The molecule has 2 saturated heterocycles. The Labute approximate surface area is 108 Å². The van der Waals surface area contributed by atoms with Gasteiger partial charge in [0, 0.05) is 34.7 Å². The van der Waals surface area contributed by atoms with E-state index in [1.807, 2.05) is 0 Å². The SMILES string of the molecule is CO[Si](OC)(OC)C1CC2OC1CC2OC(C)=O. The summed E-state index contributed by atoms with van der Waals surface area (Å²) in [7, 11) is 2.14. The second-order valence-electron chi connectivity index (χ2n) is 4.65. The monoisotopic (exact) mass is 276 g/mol. The molecule has 0 aromatic heterocycles. The zero-order valence-corrected chi connectivity index (χ0v) is 12.2. The lowest BCUT2D eigenvalue weighted by molar-refractivity contribution is -0.148. The molecule has 0 radical (unpaired) electrons. The number of fused-ring (bicyclic) bond motifs is 2. The highest BCUT2D eigenvalue weighted by Gasteiger charge is 2.61. The highest BCUT2D eigenvalue weighted by atomic mass is 28.4. The van der Waals surface area contributed by atoms with E-state index >= 15 is 0 Å². The standard InChI is InChI=1S/C11H20O6Si/c1-7(12)16-8-5-10-11(6-9(8)17-10)18(13-2,14-3)15-4/h8-11H,5-6H2,1-4H3. The molecule has 2 aliphatic heterocycles. The molecule has 2 fully saturated rings. The largest absolute Gasteiger partial charge is 0.506 e. The van der Waals surface area contributed by atoms with Crippen LogP contribution in [0.25, 0.3) is 0 Å². The van der Waals surface area contributed by atoms with Crippen molar-refractivity contribution in [1.29, 1.82) is 0 Å². The van der Waals surface area contributed by atoms with E-state index in [-0.39, 0.29) is 29.8 Å². The van der Waals surface area contributed by atoms with Gasteiger partial charge in [-0.15, -0.1) is 0 Å². The summed E-state index contributed by atoms with van der Waals surface area (Å²) in [6, 6.07) is 0. The van der Waals surface area contributed by atoms with Gasteiger partial charge in [-0.2, -0.15) is 0 Å². The Balaban J connectivity index is 2.04. The van der Waals surface area contributed by atoms with Crippen LogP contribution in [0.4, 0.5) is 0 Å². The summed E-state index contributed by atoms with van der Waals surface area (Å²) in [6.45, 7) is 1.42. The molecule has 0 aromatic rings. The summed E-state index contributed by atoms with van der Waals surface area (Å²) in [5.74, 6) is -0.263. The molecule has 4 unspecified atom stereocenters. The van der Waals surface area contributed by atoms with Crippen molar-refractivity contribution in [2.24, 2.45) is 0 Å². The summed E-state index contributed by atoms with van der Waals surface area (Å²) in [6.07, 6.45) is 1.24. The minimum absolute atomic E-state index is 0.00846. The quantitative estimate of drug-likeness (QED) is 0.545. The minimum atomic E-state index is -2.67. The Kier molecular flexibility index (Phi) is 4.07. The molecule has 0 amide bonds. The number of hydrogen-bond donors (Lipinski definition) is 0. The van der Waals surface area contributed by atoms with Gasteiger partial charge in [-0.25, -0.2) is 0 Å². The highest BCUT2D eigenvalue weighted by Crippen LogP contribution is 2.49. The summed E-state index contributed by atoms with van der Waals surface area (Å²) < 4.78 is 27.6. The molecule has 18 heavy (non-hydrogen) atoms. The maximum atomic E-state index is 11.0. The Morgan fingerprint density at radius 3 is 2.11 bits per heavy atom. The molecule has 4 atom stereocenters.